The molecule has 0 bridgehead atoms. The Morgan fingerprint density at radius 2 is 1.81 bits per heavy atom. The van der Waals surface area contributed by atoms with Crippen LogP contribution in [0.3, 0.4) is 0 Å². The minimum Gasteiger partial charge on any atom is -0.484 e. The number of rotatable bonds is 5. The molecule has 0 saturated carbocycles. The van der Waals surface area contributed by atoms with Crippen LogP contribution in [0.1, 0.15) is 11.1 Å². The molecule has 1 unspecified atom stereocenters. The zero-order valence-corrected chi connectivity index (χ0v) is 17.8. The van der Waals surface area contributed by atoms with Gasteiger partial charge in [0.1, 0.15) is 24.3 Å². The fourth-order valence-electron chi connectivity index (χ4n) is 2.95. The smallest absolute Gasteiger partial charge is 0.419 e. The molecule has 0 aliphatic carbocycles. The lowest BCUT2D eigenvalue weighted by atomic mass is 10.1. The van der Waals surface area contributed by atoms with Gasteiger partial charge in [-0.2, -0.15) is 21.6 Å². The van der Waals surface area contributed by atoms with Gasteiger partial charge in [0.2, 0.25) is 0 Å². The number of sulfonamides is 1. The number of ether oxygens (including phenoxy) is 1. The first-order chi connectivity index (χ1) is 14.2. The molecule has 3 rings (SSSR count). The Morgan fingerprint density at radius 1 is 1.13 bits per heavy atom. The van der Waals surface area contributed by atoms with Gasteiger partial charge in [-0.25, -0.2) is 12.8 Å². The molecule has 7 nitrogen and oxygen atoms in total. The summed E-state index contributed by atoms with van der Waals surface area (Å²) in [6.07, 6.45) is -5.36. The minimum atomic E-state index is -5.10. The maximum atomic E-state index is 13.6. The third-order valence-corrected chi connectivity index (χ3v) is 6.69. The second-order valence-corrected chi connectivity index (χ2v) is 10.4. The Hall–Kier alpha value is -2.38. The van der Waals surface area contributed by atoms with Gasteiger partial charge in [0.15, 0.2) is 0 Å². The number of aryl methyl sites for hydroxylation is 1. The maximum absolute atomic E-state index is 13.6. The highest BCUT2D eigenvalue weighted by Crippen LogP contribution is 2.39. The zero-order valence-electron chi connectivity index (χ0n) is 16.2. The van der Waals surface area contributed by atoms with Crippen LogP contribution in [0, 0.1) is 12.7 Å². The minimum absolute atomic E-state index is 0.0495. The van der Waals surface area contributed by atoms with Crippen molar-refractivity contribution in [2.45, 2.75) is 24.1 Å². The SMILES string of the molecule is Cc1ccc2c(c1)N(S(=O)(=O)c1ccc(F)c(C(F)(F)F)c1)CC(COS(C)(=O)=O)O2. The Bertz CT molecular complexity index is 1210. The molecule has 0 amide bonds. The Balaban J connectivity index is 2.07. The lowest BCUT2D eigenvalue weighted by molar-refractivity contribution is -0.140. The molecule has 0 aromatic heterocycles. The van der Waals surface area contributed by atoms with Crippen LogP contribution in [0.25, 0.3) is 0 Å². The number of fused-ring (bicyclic) bond motifs is 1. The Kier molecular flexibility index (Phi) is 5.97. The van der Waals surface area contributed by atoms with Crippen molar-refractivity contribution in [3.05, 3.63) is 53.3 Å². The van der Waals surface area contributed by atoms with E-state index < -0.39 is 61.8 Å². The zero-order chi connectivity index (χ0) is 23.2. The summed E-state index contributed by atoms with van der Waals surface area (Å²) in [5.41, 5.74) is -1.03. The predicted octanol–water partition coefficient (Wildman–Crippen LogP) is 3.09. The molecule has 13 heteroatoms. The van der Waals surface area contributed by atoms with E-state index in [9.17, 15) is 34.4 Å². The Morgan fingerprint density at radius 3 is 2.42 bits per heavy atom. The van der Waals surface area contributed by atoms with Crippen molar-refractivity contribution in [1.29, 1.82) is 0 Å². The maximum Gasteiger partial charge on any atom is 0.419 e. The molecular formula is C18H17F4NO6S2. The van der Waals surface area contributed by atoms with Crippen molar-refractivity contribution in [1.82, 2.24) is 0 Å². The molecular weight excluding hydrogens is 466 g/mol. The monoisotopic (exact) mass is 483 g/mol. The first kappa shape index (κ1) is 23.3. The van der Waals surface area contributed by atoms with E-state index in [0.717, 1.165) is 16.6 Å². The van der Waals surface area contributed by atoms with Gasteiger partial charge in [-0.05, 0) is 42.8 Å². The number of alkyl halides is 3. The summed E-state index contributed by atoms with van der Waals surface area (Å²) in [4.78, 5) is -0.779. The van der Waals surface area contributed by atoms with Crippen LogP contribution in [0.15, 0.2) is 41.3 Å². The fourth-order valence-corrected chi connectivity index (χ4v) is 4.87. The van der Waals surface area contributed by atoms with E-state index in [1.807, 2.05) is 0 Å². The van der Waals surface area contributed by atoms with Crippen molar-refractivity contribution in [3.8, 4) is 5.75 Å². The van der Waals surface area contributed by atoms with Gasteiger partial charge in [0, 0.05) is 0 Å². The average molecular weight is 483 g/mol. The second kappa shape index (κ2) is 7.95. The lowest BCUT2D eigenvalue weighted by Gasteiger charge is -2.35. The summed E-state index contributed by atoms with van der Waals surface area (Å²) >= 11 is 0. The van der Waals surface area contributed by atoms with E-state index in [4.69, 9.17) is 4.74 Å². The van der Waals surface area contributed by atoms with Gasteiger partial charge < -0.3 is 4.74 Å². The van der Waals surface area contributed by atoms with E-state index in [1.54, 1.807) is 13.0 Å². The molecule has 2 aromatic carbocycles. The largest absolute Gasteiger partial charge is 0.484 e. The summed E-state index contributed by atoms with van der Waals surface area (Å²) in [6, 6.07) is 5.89. The van der Waals surface area contributed by atoms with Crippen molar-refractivity contribution in [2.75, 3.05) is 23.7 Å². The van der Waals surface area contributed by atoms with Crippen molar-refractivity contribution >= 4 is 25.8 Å². The van der Waals surface area contributed by atoms with E-state index in [1.165, 1.54) is 12.1 Å². The first-order valence-corrected chi connectivity index (χ1v) is 12.0. The molecule has 2 aromatic rings. The van der Waals surface area contributed by atoms with Crippen LogP contribution >= 0.6 is 0 Å². The molecule has 0 saturated heterocycles. The number of nitrogens with zero attached hydrogens (tertiary/aromatic N) is 1. The van der Waals surface area contributed by atoms with Crippen molar-refractivity contribution < 1.29 is 43.3 Å². The summed E-state index contributed by atoms with van der Waals surface area (Å²) in [5, 5.41) is 0. The van der Waals surface area contributed by atoms with Crippen LogP contribution in [0.2, 0.25) is 0 Å². The molecule has 0 fully saturated rings. The fraction of sp³-hybridized carbons (Fsp3) is 0.333. The highest BCUT2D eigenvalue weighted by Gasteiger charge is 2.39. The van der Waals surface area contributed by atoms with Gasteiger partial charge in [-0.1, -0.05) is 6.07 Å². The lowest BCUT2D eigenvalue weighted by Crippen LogP contribution is -2.45. The van der Waals surface area contributed by atoms with Crippen LogP contribution in [0.4, 0.5) is 23.2 Å². The van der Waals surface area contributed by atoms with Gasteiger partial charge >= 0.3 is 6.18 Å². The molecule has 0 spiro atoms. The molecule has 1 aliphatic rings. The molecule has 1 heterocycles. The number of hydrogen-bond acceptors (Lipinski definition) is 6. The molecule has 1 atom stereocenters. The van der Waals surface area contributed by atoms with E-state index >= 15 is 0 Å². The van der Waals surface area contributed by atoms with Crippen molar-refractivity contribution in [2.24, 2.45) is 0 Å². The number of halogens is 4. The van der Waals surface area contributed by atoms with Crippen LogP contribution < -0.4 is 9.04 Å². The highest BCUT2D eigenvalue weighted by molar-refractivity contribution is 7.92. The van der Waals surface area contributed by atoms with E-state index in [0.29, 0.717) is 11.6 Å². The summed E-state index contributed by atoms with van der Waals surface area (Å²) in [5.74, 6) is -1.54. The van der Waals surface area contributed by atoms with Crippen LogP contribution in [-0.2, 0) is 30.5 Å². The van der Waals surface area contributed by atoms with Crippen molar-refractivity contribution in [3.63, 3.8) is 0 Å². The normalized spacial score (nSPS) is 17.2. The Labute approximate surface area is 176 Å². The first-order valence-electron chi connectivity index (χ1n) is 8.70. The van der Waals surface area contributed by atoms with Gasteiger partial charge in [0.05, 0.1) is 28.9 Å². The highest BCUT2D eigenvalue weighted by atomic mass is 32.2. The van der Waals surface area contributed by atoms with E-state index in [-0.39, 0.29) is 17.5 Å². The topological polar surface area (TPSA) is 90.0 Å². The quantitative estimate of drug-likeness (QED) is 0.480. The van der Waals surface area contributed by atoms with Gasteiger partial charge in [-0.3, -0.25) is 8.49 Å². The van der Waals surface area contributed by atoms with Gasteiger partial charge in [-0.15, -0.1) is 0 Å². The van der Waals surface area contributed by atoms with Crippen LogP contribution in [0.5, 0.6) is 5.75 Å². The summed E-state index contributed by atoms with van der Waals surface area (Å²) in [7, 11) is -8.45. The molecule has 31 heavy (non-hydrogen) atoms. The average Bonchev–Trinajstić information content (AvgIpc) is 2.64. The molecule has 0 N–H and O–H groups in total. The summed E-state index contributed by atoms with van der Waals surface area (Å²) in [6.45, 7) is 0.714. The third kappa shape index (κ3) is 5.10. The molecule has 170 valence electrons. The summed E-state index contributed by atoms with van der Waals surface area (Å²) < 4.78 is 113. The van der Waals surface area contributed by atoms with Gasteiger partial charge in [0.25, 0.3) is 20.1 Å². The standard InChI is InChI=1S/C18H17F4NO6S2/c1-11-3-6-17-16(7-11)23(9-12(29-17)10-28-30(2,24)25)31(26,27)13-4-5-15(19)14(8-13)18(20,21)22/h3-8,12H,9-10H2,1-2H3. The molecule has 0 radical (unpaired) electrons. The number of benzene rings is 2. The number of anilines is 1. The molecule has 1 aliphatic heterocycles. The third-order valence-electron chi connectivity index (χ3n) is 4.35. The second-order valence-electron chi connectivity index (χ2n) is 6.88. The van der Waals surface area contributed by atoms with E-state index in [2.05, 4.69) is 4.18 Å². The predicted molar refractivity (Wildman–Crippen MR) is 102 cm³/mol. The number of hydrogen-bond donors (Lipinski definition) is 0. The van der Waals surface area contributed by atoms with Crippen LogP contribution in [-0.4, -0.2) is 42.3 Å².